The van der Waals surface area contributed by atoms with Crippen LogP contribution in [0.3, 0.4) is 0 Å². The molecule has 6 heteroatoms. The molecule has 1 aliphatic heterocycles. The van der Waals surface area contributed by atoms with Crippen molar-refractivity contribution in [2.45, 2.75) is 46.0 Å². The number of oxazole rings is 1. The summed E-state index contributed by atoms with van der Waals surface area (Å²) in [6, 6.07) is 6.51. The molecule has 3 rings (SSSR count). The van der Waals surface area contributed by atoms with E-state index in [0.29, 0.717) is 25.9 Å². The summed E-state index contributed by atoms with van der Waals surface area (Å²) < 4.78 is 18.9. The van der Waals surface area contributed by atoms with Crippen molar-refractivity contribution in [3.63, 3.8) is 0 Å². The number of halogens is 1. The van der Waals surface area contributed by atoms with Crippen LogP contribution < -0.4 is 4.90 Å². The molecule has 1 fully saturated rings. The van der Waals surface area contributed by atoms with Crippen molar-refractivity contribution in [3.8, 4) is 0 Å². The maximum atomic E-state index is 13.1. The topological polar surface area (TPSA) is 49.6 Å². The van der Waals surface area contributed by atoms with Gasteiger partial charge in [-0.3, -0.25) is 4.79 Å². The number of carbonyl (C=O) groups excluding carboxylic acids is 1. The summed E-state index contributed by atoms with van der Waals surface area (Å²) in [5.41, 5.74) is 1.73. The first-order valence-electron chi connectivity index (χ1n) is 9.49. The summed E-state index contributed by atoms with van der Waals surface area (Å²) >= 11 is 0. The van der Waals surface area contributed by atoms with Crippen LogP contribution >= 0.6 is 0 Å². The number of piperazine rings is 1. The van der Waals surface area contributed by atoms with E-state index in [9.17, 15) is 9.18 Å². The Morgan fingerprint density at radius 1 is 1.15 bits per heavy atom. The van der Waals surface area contributed by atoms with Crippen LogP contribution in [0.1, 0.15) is 44.5 Å². The predicted octanol–water partition coefficient (Wildman–Crippen LogP) is 3.70. The van der Waals surface area contributed by atoms with Crippen molar-refractivity contribution in [2.24, 2.45) is 0 Å². The van der Waals surface area contributed by atoms with Crippen molar-refractivity contribution >= 4 is 11.6 Å². The molecule has 0 saturated carbocycles. The molecule has 27 heavy (non-hydrogen) atoms. The van der Waals surface area contributed by atoms with Crippen molar-refractivity contribution in [1.82, 2.24) is 9.88 Å². The van der Waals surface area contributed by atoms with Gasteiger partial charge in [-0.15, -0.1) is 0 Å². The van der Waals surface area contributed by atoms with Gasteiger partial charge in [0.25, 0.3) is 0 Å². The Hall–Kier alpha value is -2.37. The minimum atomic E-state index is -0.232. The molecular weight excluding hydrogens is 345 g/mol. The molecule has 0 bridgehead atoms. The zero-order valence-corrected chi connectivity index (χ0v) is 16.6. The molecule has 0 atom stereocenters. The Labute approximate surface area is 160 Å². The minimum absolute atomic E-state index is 0.135. The van der Waals surface area contributed by atoms with Gasteiger partial charge in [0.05, 0.1) is 5.69 Å². The van der Waals surface area contributed by atoms with E-state index in [1.165, 1.54) is 12.1 Å². The van der Waals surface area contributed by atoms with Gasteiger partial charge in [0, 0.05) is 50.1 Å². The second kappa shape index (κ2) is 7.71. The van der Waals surface area contributed by atoms with E-state index in [-0.39, 0.29) is 17.1 Å². The predicted molar refractivity (Wildman–Crippen MR) is 103 cm³/mol. The number of aromatic nitrogens is 1. The first kappa shape index (κ1) is 19.4. The molecule has 1 saturated heterocycles. The standard InChI is InChI=1S/C21H28FN3O2/c1-15-18(27-20(23-15)21(2,3)4)9-10-19(26)25-13-11-24(12-14-25)17-7-5-16(22)6-8-17/h5-8H,9-14H2,1-4H3. The van der Waals surface area contributed by atoms with E-state index in [4.69, 9.17) is 4.42 Å². The maximum Gasteiger partial charge on any atom is 0.223 e. The SMILES string of the molecule is Cc1nc(C(C)(C)C)oc1CCC(=O)N1CCN(c2ccc(F)cc2)CC1. The largest absolute Gasteiger partial charge is 0.445 e. The minimum Gasteiger partial charge on any atom is -0.445 e. The lowest BCUT2D eigenvalue weighted by molar-refractivity contribution is -0.131. The van der Waals surface area contributed by atoms with E-state index in [1.807, 2.05) is 11.8 Å². The summed E-state index contributed by atoms with van der Waals surface area (Å²) in [7, 11) is 0. The third-order valence-corrected chi connectivity index (χ3v) is 4.92. The van der Waals surface area contributed by atoms with Crippen molar-refractivity contribution in [3.05, 3.63) is 47.4 Å². The fraction of sp³-hybridized carbons (Fsp3) is 0.524. The number of carbonyl (C=O) groups is 1. The second-order valence-corrected chi connectivity index (χ2v) is 8.12. The van der Waals surface area contributed by atoms with Crippen molar-refractivity contribution < 1.29 is 13.6 Å². The molecule has 5 nitrogen and oxygen atoms in total. The zero-order chi connectivity index (χ0) is 19.6. The Balaban J connectivity index is 1.51. The lowest BCUT2D eigenvalue weighted by Crippen LogP contribution is -2.48. The van der Waals surface area contributed by atoms with Gasteiger partial charge in [-0.25, -0.2) is 9.37 Å². The normalized spacial score (nSPS) is 15.3. The average Bonchev–Trinajstić information content (AvgIpc) is 3.02. The first-order valence-corrected chi connectivity index (χ1v) is 9.49. The molecule has 0 aliphatic carbocycles. The number of nitrogens with zero attached hydrogens (tertiary/aromatic N) is 3. The van der Waals surface area contributed by atoms with E-state index < -0.39 is 0 Å². The smallest absolute Gasteiger partial charge is 0.223 e. The molecule has 0 unspecified atom stereocenters. The van der Waals surface area contributed by atoms with Gasteiger partial charge in [0.15, 0.2) is 5.89 Å². The fourth-order valence-electron chi connectivity index (χ4n) is 3.23. The molecule has 2 heterocycles. The highest BCUT2D eigenvalue weighted by atomic mass is 19.1. The Bertz CT molecular complexity index is 785. The highest BCUT2D eigenvalue weighted by molar-refractivity contribution is 5.76. The van der Waals surface area contributed by atoms with Crippen LogP contribution in [0.4, 0.5) is 10.1 Å². The van der Waals surface area contributed by atoms with Crippen LogP contribution in [-0.2, 0) is 16.6 Å². The Morgan fingerprint density at radius 3 is 2.33 bits per heavy atom. The van der Waals surface area contributed by atoms with Gasteiger partial charge in [-0.1, -0.05) is 20.8 Å². The fourth-order valence-corrected chi connectivity index (χ4v) is 3.23. The number of rotatable bonds is 4. The second-order valence-electron chi connectivity index (χ2n) is 8.12. The van der Waals surface area contributed by atoms with Gasteiger partial charge >= 0.3 is 0 Å². The van der Waals surface area contributed by atoms with Crippen LogP contribution in [0.5, 0.6) is 0 Å². The molecule has 0 spiro atoms. The molecule has 146 valence electrons. The molecule has 0 radical (unpaired) electrons. The third kappa shape index (κ3) is 4.67. The molecular formula is C21H28FN3O2. The highest BCUT2D eigenvalue weighted by Crippen LogP contribution is 2.24. The van der Waals surface area contributed by atoms with Gasteiger partial charge in [-0.05, 0) is 31.2 Å². The highest BCUT2D eigenvalue weighted by Gasteiger charge is 2.24. The molecule has 0 N–H and O–H groups in total. The number of hydrogen-bond donors (Lipinski definition) is 0. The van der Waals surface area contributed by atoms with E-state index in [0.717, 1.165) is 36.1 Å². The molecule has 1 amide bonds. The molecule has 1 aliphatic rings. The van der Waals surface area contributed by atoms with Crippen LogP contribution in [0.2, 0.25) is 0 Å². The van der Waals surface area contributed by atoms with Crippen LogP contribution in [-0.4, -0.2) is 42.0 Å². The summed E-state index contributed by atoms with van der Waals surface area (Å²) in [6.07, 6.45) is 1.00. The number of hydrogen-bond acceptors (Lipinski definition) is 4. The number of aryl methyl sites for hydroxylation is 2. The monoisotopic (exact) mass is 373 g/mol. The number of anilines is 1. The Morgan fingerprint density at radius 2 is 1.78 bits per heavy atom. The molecule has 1 aromatic heterocycles. The molecule has 1 aromatic carbocycles. The summed E-state index contributed by atoms with van der Waals surface area (Å²) in [5, 5.41) is 0. The maximum absolute atomic E-state index is 13.1. The Kier molecular flexibility index (Phi) is 5.53. The average molecular weight is 373 g/mol. The first-order chi connectivity index (χ1) is 12.7. The van der Waals surface area contributed by atoms with Gasteiger partial charge in [-0.2, -0.15) is 0 Å². The summed E-state index contributed by atoms with van der Waals surface area (Å²) in [4.78, 5) is 21.1. The number of amides is 1. The summed E-state index contributed by atoms with van der Waals surface area (Å²) in [6.45, 7) is 11.0. The van der Waals surface area contributed by atoms with Gasteiger partial charge < -0.3 is 14.2 Å². The van der Waals surface area contributed by atoms with E-state index in [1.54, 1.807) is 12.1 Å². The van der Waals surface area contributed by atoms with Gasteiger partial charge in [0.2, 0.25) is 5.91 Å². The van der Waals surface area contributed by atoms with Gasteiger partial charge in [0.1, 0.15) is 11.6 Å². The van der Waals surface area contributed by atoms with Crippen LogP contribution in [0.25, 0.3) is 0 Å². The summed E-state index contributed by atoms with van der Waals surface area (Å²) in [5.74, 6) is 1.43. The van der Waals surface area contributed by atoms with E-state index in [2.05, 4.69) is 30.7 Å². The lowest BCUT2D eigenvalue weighted by Gasteiger charge is -2.36. The third-order valence-electron chi connectivity index (χ3n) is 4.92. The van der Waals surface area contributed by atoms with E-state index >= 15 is 0 Å². The quantitative estimate of drug-likeness (QED) is 0.820. The van der Waals surface area contributed by atoms with Crippen LogP contribution in [0.15, 0.2) is 28.7 Å². The van der Waals surface area contributed by atoms with Crippen LogP contribution in [0, 0.1) is 12.7 Å². The number of benzene rings is 1. The van der Waals surface area contributed by atoms with Crippen molar-refractivity contribution in [1.29, 1.82) is 0 Å². The zero-order valence-electron chi connectivity index (χ0n) is 16.6. The molecule has 2 aromatic rings. The van der Waals surface area contributed by atoms with Crippen molar-refractivity contribution in [2.75, 3.05) is 31.1 Å². The lowest BCUT2D eigenvalue weighted by atomic mass is 9.97.